The van der Waals surface area contributed by atoms with Crippen molar-refractivity contribution in [1.29, 1.82) is 0 Å². The molecule has 1 N–H and O–H groups in total. The van der Waals surface area contributed by atoms with Crippen LogP contribution in [0.4, 0.5) is 0 Å². The maximum absolute atomic E-state index is 12.2. The van der Waals surface area contributed by atoms with Gasteiger partial charge >= 0.3 is 5.97 Å². The maximum atomic E-state index is 12.2. The van der Waals surface area contributed by atoms with E-state index in [4.69, 9.17) is 14.6 Å². The van der Waals surface area contributed by atoms with Gasteiger partial charge in [-0.2, -0.15) is 0 Å². The van der Waals surface area contributed by atoms with Gasteiger partial charge in [0.05, 0.1) is 26.7 Å². The number of methoxy groups -OCH3 is 2. The second kappa shape index (κ2) is 9.68. The quantitative estimate of drug-likeness (QED) is 0.673. The monoisotopic (exact) mass is 325 g/mol. The van der Waals surface area contributed by atoms with Gasteiger partial charge in [-0.1, -0.05) is 19.1 Å². The highest BCUT2D eigenvalue weighted by atomic mass is 16.5. The molecule has 0 aliphatic carbocycles. The number of nitrogens with zero attached hydrogens (tertiary/aromatic N) is 1. The minimum atomic E-state index is -0.484. The highest BCUT2D eigenvalue weighted by Gasteiger charge is 2.21. The number of carbonyl (C=O) groups excluding carboxylic acids is 2. The van der Waals surface area contributed by atoms with E-state index in [0.717, 1.165) is 0 Å². The van der Waals surface area contributed by atoms with Crippen LogP contribution in [-0.4, -0.2) is 62.4 Å². The summed E-state index contributed by atoms with van der Waals surface area (Å²) < 4.78 is 15.3. The Morgan fingerprint density at radius 2 is 1.87 bits per heavy atom. The molecule has 1 rings (SSSR count). The van der Waals surface area contributed by atoms with E-state index in [1.54, 1.807) is 31.2 Å². The number of esters is 1. The molecule has 128 valence electrons. The first-order valence-corrected chi connectivity index (χ1v) is 7.25. The van der Waals surface area contributed by atoms with Gasteiger partial charge in [0.15, 0.2) is 18.1 Å². The Hall–Kier alpha value is -2.28. The summed E-state index contributed by atoms with van der Waals surface area (Å²) in [6, 6.07) is 6.99. The average molecular weight is 325 g/mol. The van der Waals surface area contributed by atoms with Crippen molar-refractivity contribution in [2.75, 3.05) is 40.5 Å². The van der Waals surface area contributed by atoms with Crippen molar-refractivity contribution in [3.05, 3.63) is 24.3 Å². The Morgan fingerprint density at radius 1 is 1.22 bits per heavy atom. The van der Waals surface area contributed by atoms with Crippen LogP contribution in [0.2, 0.25) is 0 Å². The third kappa shape index (κ3) is 5.78. The second-order valence-electron chi connectivity index (χ2n) is 4.93. The van der Waals surface area contributed by atoms with Crippen LogP contribution in [-0.2, 0) is 14.3 Å². The normalized spacial score (nSPS) is 11.5. The van der Waals surface area contributed by atoms with Gasteiger partial charge in [-0.15, -0.1) is 0 Å². The van der Waals surface area contributed by atoms with Crippen LogP contribution in [0.1, 0.15) is 6.92 Å². The number of para-hydroxylation sites is 2. The molecule has 1 unspecified atom stereocenters. The number of hydrogen-bond acceptors (Lipinski definition) is 6. The molecule has 0 saturated heterocycles. The smallest absolute Gasteiger partial charge is 0.310 e. The lowest BCUT2D eigenvalue weighted by Crippen LogP contribution is -2.41. The van der Waals surface area contributed by atoms with E-state index in [1.165, 1.54) is 19.1 Å². The molecule has 1 aromatic carbocycles. The fourth-order valence-electron chi connectivity index (χ4n) is 2.01. The van der Waals surface area contributed by atoms with Crippen molar-refractivity contribution in [1.82, 2.24) is 4.90 Å². The number of amides is 1. The van der Waals surface area contributed by atoms with Crippen LogP contribution in [0.3, 0.4) is 0 Å². The molecule has 7 heteroatoms. The Labute approximate surface area is 135 Å². The molecule has 1 atom stereocenters. The molecule has 23 heavy (non-hydrogen) atoms. The summed E-state index contributed by atoms with van der Waals surface area (Å²) in [5.41, 5.74) is 0. The van der Waals surface area contributed by atoms with Crippen molar-refractivity contribution in [2.24, 2.45) is 5.92 Å². The molecular formula is C16H23NO6. The molecule has 0 spiro atoms. The number of aliphatic hydroxyl groups excluding tert-OH is 1. The summed E-state index contributed by atoms with van der Waals surface area (Å²) >= 11 is 0. The first-order chi connectivity index (χ1) is 11.0. The molecule has 7 nitrogen and oxygen atoms in total. The van der Waals surface area contributed by atoms with E-state index in [9.17, 15) is 9.59 Å². The number of ether oxygens (including phenoxy) is 3. The maximum Gasteiger partial charge on any atom is 0.310 e. The van der Waals surface area contributed by atoms with Crippen LogP contribution in [0.15, 0.2) is 24.3 Å². The zero-order chi connectivity index (χ0) is 17.2. The topological polar surface area (TPSA) is 85.3 Å². The van der Waals surface area contributed by atoms with Crippen molar-refractivity contribution in [2.45, 2.75) is 6.92 Å². The molecule has 0 radical (unpaired) electrons. The molecule has 0 heterocycles. The molecule has 0 aliphatic rings. The highest BCUT2D eigenvalue weighted by molar-refractivity contribution is 5.79. The van der Waals surface area contributed by atoms with Crippen LogP contribution in [0.25, 0.3) is 0 Å². The van der Waals surface area contributed by atoms with Crippen LogP contribution < -0.4 is 9.47 Å². The predicted octanol–water partition coefficient (Wildman–Crippen LogP) is 0.704. The van der Waals surface area contributed by atoms with Crippen LogP contribution >= 0.6 is 0 Å². The van der Waals surface area contributed by atoms with Gasteiger partial charge in [0, 0.05) is 13.1 Å². The van der Waals surface area contributed by atoms with Gasteiger partial charge in [0.25, 0.3) is 5.91 Å². The summed E-state index contributed by atoms with van der Waals surface area (Å²) in [4.78, 5) is 25.1. The van der Waals surface area contributed by atoms with E-state index >= 15 is 0 Å². The SMILES string of the molecule is COC(=O)C(C)CN(CCO)C(=O)COc1ccccc1OC. The van der Waals surface area contributed by atoms with Crippen LogP contribution in [0, 0.1) is 5.92 Å². The van der Waals surface area contributed by atoms with Gasteiger partial charge in [0.2, 0.25) is 0 Å². The van der Waals surface area contributed by atoms with Crippen molar-refractivity contribution in [3.8, 4) is 11.5 Å². The molecule has 0 fully saturated rings. The summed E-state index contributed by atoms with van der Waals surface area (Å²) in [6.45, 7) is 1.52. The van der Waals surface area contributed by atoms with Gasteiger partial charge in [-0.3, -0.25) is 9.59 Å². The average Bonchev–Trinajstić information content (AvgIpc) is 2.58. The number of hydrogen-bond donors (Lipinski definition) is 1. The Balaban J connectivity index is 2.65. The Morgan fingerprint density at radius 3 is 2.43 bits per heavy atom. The lowest BCUT2D eigenvalue weighted by atomic mass is 10.1. The summed E-state index contributed by atoms with van der Waals surface area (Å²) in [5.74, 6) is -0.251. The standard InChI is InChI=1S/C16H23NO6/c1-12(16(20)22-3)10-17(8-9-18)15(19)11-23-14-7-5-4-6-13(14)21-2/h4-7,12,18H,8-11H2,1-3H3. The van der Waals surface area contributed by atoms with Gasteiger partial charge in [0.1, 0.15) is 0 Å². The minimum Gasteiger partial charge on any atom is -0.493 e. The Bertz CT molecular complexity index is 519. The molecule has 0 saturated carbocycles. The molecule has 1 aromatic rings. The minimum absolute atomic E-state index is 0.120. The Kier molecular flexibility index (Phi) is 7.90. The molecule has 0 aromatic heterocycles. The van der Waals surface area contributed by atoms with E-state index in [2.05, 4.69) is 4.74 Å². The lowest BCUT2D eigenvalue weighted by molar-refractivity contribution is -0.146. The summed E-state index contributed by atoms with van der Waals surface area (Å²) in [7, 11) is 2.81. The van der Waals surface area contributed by atoms with E-state index in [0.29, 0.717) is 11.5 Å². The van der Waals surface area contributed by atoms with E-state index in [1.807, 2.05) is 0 Å². The fourth-order valence-corrected chi connectivity index (χ4v) is 2.01. The molecule has 0 bridgehead atoms. The second-order valence-corrected chi connectivity index (χ2v) is 4.93. The van der Waals surface area contributed by atoms with Gasteiger partial charge in [-0.25, -0.2) is 0 Å². The lowest BCUT2D eigenvalue weighted by Gasteiger charge is -2.24. The van der Waals surface area contributed by atoms with Crippen LogP contribution in [0.5, 0.6) is 11.5 Å². The van der Waals surface area contributed by atoms with Gasteiger partial charge in [-0.05, 0) is 12.1 Å². The largest absolute Gasteiger partial charge is 0.493 e. The molecular weight excluding hydrogens is 302 g/mol. The third-order valence-corrected chi connectivity index (χ3v) is 3.24. The number of rotatable bonds is 9. The number of carbonyl (C=O) groups is 2. The van der Waals surface area contributed by atoms with Crippen molar-refractivity contribution in [3.63, 3.8) is 0 Å². The van der Waals surface area contributed by atoms with E-state index < -0.39 is 11.9 Å². The molecule has 0 aliphatic heterocycles. The van der Waals surface area contributed by atoms with Gasteiger partial charge < -0.3 is 24.2 Å². The van der Waals surface area contributed by atoms with Crippen molar-refractivity contribution < 1.29 is 28.9 Å². The zero-order valence-corrected chi connectivity index (χ0v) is 13.7. The first-order valence-electron chi connectivity index (χ1n) is 7.25. The highest BCUT2D eigenvalue weighted by Crippen LogP contribution is 2.25. The number of benzene rings is 1. The summed E-state index contributed by atoms with van der Waals surface area (Å²) in [5, 5.41) is 9.09. The third-order valence-electron chi connectivity index (χ3n) is 3.24. The number of aliphatic hydroxyl groups is 1. The zero-order valence-electron chi connectivity index (χ0n) is 13.7. The predicted molar refractivity (Wildman–Crippen MR) is 83.3 cm³/mol. The summed E-state index contributed by atoms with van der Waals surface area (Å²) in [6.07, 6.45) is 0. The first kappa shape index (κ1) is 18.8. The molecule has 1 amide bonds. The van der Waals surface area contributed by atoms with E-state index in [-0.39, 0.29) is 32.2 Å². The van der Waals surface area contributed by atoms with Crippen molar-refractivity contribution >= 4 is 11.9 Å². The fraction of sp³-hybridized carbons (Fsp3) is 0.500.